The van der Waals surface area contributed by atoms with Crippen molar-refractivity contribution in [2.45, 2.75) is 5.25 Å². The smallest absolute Gasteiger partial charge is 0.549 e. The number of aliphatic carboxylic acids is 1. The van der Waals surface area contributed by atoms with Crippen LogP contribution in [0.1, 0.15) is 10.8 Å². The molecule has 1 atom stereocenters. The molecule has 0 saturated carbocycles. The van der Waals surface area contributed by atoms with E-state index in [1.54, 1.807) is 24.3 Å². The molecule has 0 N–H and O–H groups in total. The predicted octanol–water partition coefficient (Wildman–Crippen LogP) is -1.27. The molecular formula is C10H12NaO4PS2. The van der Waals surface area contributed by atoms with Crippen molar-refractivity contribution in [3.8, 4) is 0 Å². The predicted molar refractivity (Wildman–Crippen MR) is 70.1 cm³/mol. The zero-order valence-electron chi connectivity index (χ0n) is 10.4. The van der Waals surface area contributed by atoms with Gasteiger partial charge in [-0.3, -0.25) is 0 Å². The molecule has 1 aromatic rings. The van der Waals surface area contributed by atoms with Crippen LogP contribution in [0.15, 0.2) is 30.3 Å². The van der Waals surface area contributed by atoms with Gasteiger partial charge in [0.05, 0.1) is 11.2 Å². The minimum absolute atomic E-state index is 0. The van der Waals surface area contributed by atoms with Crippen LogP contribution >= 0.6 is 17.1 Å². The van der Waals surface area contributed by atoms with E-state index in [2.05, 4.69) is 0 Å². The van der Waals surface area contributed by atoms with Crippen molar-refractivity contribution in [1.29, 1.82) is 0 Å². The summed E-state index contributed by atoms with van der Waals surface area (Å²) in [5, 5.41) is 10.3. The maximum absolute atomic E-state index is 11.1. The van der Waals surface area contributed by atoms with Crippen LogP contribution in [-0.4, -0.2) is 20.2 Å². The minimum Gasteiger partial charge on any atom is -0.549 e. The summed E-state index contributed by atoms with van der Waals surface area (Å²) in [7, 11) is 2.82. The number of rotatable bonds is 6. The van der Waals surface area contributed by atoms with Crippen LogP contribution in [-0.2, 0) is 25.6 Å². The van der Waals surface area contributed by atoms with Gasteiger partial charge >= 0.3 is 29.6 Å². The quantitative estimate of drug-likeness (QED) is 0.482. The molecule has 4 nitrogen and oxygen atoms in total. The zero-order valence-corrected chi connectivity index (χ0v) is 14.9. The molecule has 0 amide bonds. The van der Waals surface area contributed by atoms with Crippen LogP contribution in [0.4, 0.5) is 0 Å². The second-order valence-electron chi connectivity index (χ2n) is 3.03. The van der Waals surface area contributed by atoms with Gasteiger partial charge < -0.3 is 18.9 Å². The Labute approximate surface area is 138 Å². The summed E-state index contributed by atoms with van der Waals surface area (Å²) in [6.07, 6.45) is 0. The normalized spacial score (nSPS) is 12.6. The van der Waals surface area contributed by atoms with E-state index in [-0.39, 0.29) is 29.6 Å². The summed E-state index contributed by atoms with van der Waals surface area (Å²) in [6, 6.07) is 8.74. The summed E-state index contributed by atoms with van der Waals surface area (Å²) < 4.78 is 10.1. The van der Waals surface area contributed by atoms with Gasteiger partial charge in [-0.25, -0.2) is 0 Å². The van der Waals surface area contributed by atoms with Crippen LogP contribution in [0.5, 0.6) is 0 Å². The van der Waals surface area contributed by atoms with Crippen molar-refractivity contribution in [3.05, 3.63) is 35.9 Å². The van der Waals surface area contributed by atoms with Gasteiger partial charge in [0.2, 0.25) is 5.69 Å². The number of hydrogen-bond donors (Lipinski definition) is 0. The molecule has 0 saturated heterocycles. The van der Waals surface area contributed by atoms with E-state index in [9.17, 15) is 9.90 Å². The fraction of sp³-hybridized carbons (Fsp3) is 0.300. The summed E-state index contributed by atoms with van der Waals surface area (Å²) in [6.45, 7) is 0. The maximum atomic E-state index is 11.1. The maximum Gasteiger partial charge on any atom is 1.00 e. The first kappa shape index (κ1) is 18.6. The summed E-state index contributed by atoms with van der Waals surface area (Å²) in [4.78, 5) is 11.1. The first-order chi connectivity index (χ1) is 8.02. The van der Waals surface area contributed by atoms with E-state index in [0.717, 1.165) is 11.4 Å². The van der Waals surface area contributed by atoms with Crippen LogP contribution in [0, 0.1) is 0 Å². The van der Waals surface area contributed by atoms with Gasteiger partial charge in [-0.15, -0.1) is 0 Å². The van der Waals surface area contributed by atoms with E-state index in [1.165, 1.54) is 14.2 Å². The van der Waals surface area contributed by atoms with Crippen molar-refractivity contribution in [1.82, 2.24) is 0 Å². The van der Waals surface area contributed by atoms with Gasteiger partial charge in [-0.1, -0.05) is 41.7 Å². The number of benzene rings is 1. The summed E-state index contributed by atoms with van der Waals surface area (Å²) in [5.74, 6) is -1.20. The molecule has 0 aliphatic carbocycles. The van der Waals surface area contributed by atoms with Crippen molar-refractivity contribution in [2.75, 3.05) is 14.2 Å². The van der Waals surface area contributed by atoms with Crippen LogP contribution in [0.25, 0.3) is 0 Å². The third-order valence-corrected chi connectivity index (χ3v) is 7.80. The fourth-order valence-electron chi connectivity index (χ4n) is 1.16. The first-order valence-corrected chi connectivity index (χ1v) is 8.80. The molecule has 1 aromatic carbocycles. The van der Waals surface area contributed by atoms with Gasteiger partial charge in [0, 0.05) is 14.2 Å². The molecule has 1 unspecified atom stereocenters. The molecule has 0 aliphatic rings. The number of hydrogen-bond acceptors (Lipinski definition) is 6. The summed E-state index contributed by atoms with van der Waals surface area (Å²) >= 11 is 6.11. The Morgan fingerprint density at radius 1 is 1.33 bits per heavy atom. The molecule has 1 rings (SSSR count). The number of carbonyl (C=O) groups is 1. The third kappa shape index (κ3) is 5.31. The molecule has 0 fully saturated rings. The molecule has 18 heavy (non-hydrogen) atoms. The van der Waals surface area contributed by atoms with Crippen molar-refractivity contribution in [3.63, 3.8) is 0 Å². The van der Waals surface area contributed by atoms with E-state index < -0.39 is 16.9 Å². The molecular weight excluding hydrogens is 302 g/mol. The topological polar surface area (TPSA) is 58.6 Å². The molecule has 0 bridgehead atoms. The van der Waals surface area contributed by atoms with Crippen LogP contribution < -0.4 is 34.7 Å². The SMILES string of the molecule is COP(=S)(OC)SC(C(=O)[O-])c1ccccc1.[Na+]. The molecule has 0 aromatic heterocycles. The van der Waals surface area contributed by atoms with Gasteiger partial charge in [0.15, 0.2) is 0 Å². The summed E-state index contributed by atoms with van der Waals surface area (Å²) in [5.41, 5.74) is -2.02. The van der Waals surface area contributed by atoms with Gasteiger partial charge in [-0.2, -0.15) is 0 Å². The minimum atomic E-state index is -2.63. The van der Waals surface area contributed by atoms with Crippen LogP contribution in [0.2, 0.25) is 0 Å². The van der Waals surface area contributed by atoms with Crippen molar-refractivity contribution < 1.29 is 48.5 Å². The van der Waals surface area contributed by atoms with Gasteiger partial charge in [0.1, 0.15) is 0 Å². The molecule has 0 aliphatic heterocycles. The largest absolute Gasteiger partial charge is 1.00 e. The van der Waals surface area contributed by atoms with Gasteiger partial charge in [-0.05, 0) is 17.4 Å². The molecule has 94 valence electrons. The zero-order chi connectivity index (χ0) is 12.9. The van der Waals surface area contributed by atoms with Crippen LogP contribution in [0.3, 0.4) is 0 Å². The fourth-order valence-corrected chi connectivity index (χ4v) is 4.79. The molecule has 0 spiro atoms. The standard InChI is InChI=1S/C10H13O4PS2.Na/c1-13-15(16,14-2)17-9(10(11)12)8-6-4-3-5-7-8;/h3-7,9H,1-2H3,(H,11,12);/q;+1/p-1. The van der Waals surface area contributed by atoms with E-state index >= 15 is 0 Å². The Balaban J connectivity index is 0.00000289. The second-order valence-corrected chi connectivity index (χ2v) is 9.54. The monoisotopic (exact) mass is 314 g/mol. The Morgan fingerprint density at radius 3 is 2.22 bits per heavy atom. The first-order valence-electron chi connectivity index (χ1n) is 4.68. The molecule has 8 heteroatoms. The van der Waals surface area contributed by atoms with Crippen molar-refractivity contribution >= 4 is 34.9 Å². The average Bonchev–Trinajstić information content (AvgIpc) is 2.36. The Kier molecular flexibility index (Phi) is 9.01. The van der Waals surface area contributed by atoms with E-state index in [1.807, 2.05) is 6.07 Å². The average molecular weight is 314 g/mol. The Morgan fingerprint density at radius 2 is 1.83 bits per heavy atom. The third-order valence-electron chi connectivity index (χ3n) is 2.00. The van der Waals surface area contributed by atoms with Crippen molar-refractivity contribution in [2.24, 2.45) is 0 Å². The van der Waals surface area contributed by atoms with E-state index in [0.29, 0.717) is 5.56 Å². The number of carboxylic acid groups (broad SMARTS) is 1. The number of carboxylic acids is 1. The van der Waals surface area contributed by atoms with E-state index in [4.69, 9.17) is 20.9 Å². The van der Waals surface area contributed by atoms with Gasteiger partial charge in [0.25, 0.3) is 0 Å². The Bertz CT molecular complexity index is 421. The second kappa shape index (κ2) is 8.72. The molecule has 0 radical (unpaired) electrons. The molecule has 0 heterocycles. The number of carbonyl (C=O) groups excluding carboxylic acids is 1. The Hall–Kier alpha value is 0.610.